The number of rotatable bonds is 3. The predicted molar refractivity (Wildman–Crippen MR) is 36.5 cm³/mol. The maximum absolute atomic E-state index is 10.4. The van der Waals surface area contributed by atoms with Gasteiger partial charge in [-0.1, -0.05) is 0 Å². The lowest BCUT2D eigenvalue weighted by Gasteiger charge is -2.11. The number of ether oxygens (including phenoxy) is 2. The second kappa shape index (κ2) is 4.32. The number of carbonyl (C=O) groups is 3. The van der Waals surface area contributed by atoms with Crippen LogP contribution >= 0.6 is 0 Å². The molecule has 1 amide bonds. The molecule has 0 bridgehead atoms. The molecule has 0 radical (unpaired) electrons. The van der Waals surface area contributed by atoms with Crippen LogP contribution in [0.15, 0.2) is 0 Å². The molecule has 68 valence electrons. The fourth-order valence-corrected chi connectivity index (χ4v) is 0.442. The lowest BCUT2D eigenvalue weighted by Crippen LogP contribution is -2.36. The van der Waals surface area contributed by atoms with Gasteiger partial charge in [-0.15, -0.1) is 0 Å². The minimum Gasteiger partial charge on any atom is -0.416 e. The molecule has 6 heteroatoms. The van der Waals surface area contributed by atoms with E-state index in [4.69, 9.17) is 5.73 Å². The van der Waals surface area contributed by atoms with E-state index in [2.05, 4.69) is 9.47 Å². The van der Waals surface area contributed by atoms with Crippen LogP contribution in [-0.2, 0) is 23.9 Å². The summed E-state index contributed by atoms with van der Waals surface area (Å²) in [6.07, 6.45) is -1.63. The summed E-state index contributed by atoms with van der Waals surface area (Å²) >= 11 is 0. The van der Waals surface area contributed by atoms with Crippen molar-refractivity contribution in [3.8, 4) is 0 Å². The molecule has 0 aliphatic rings. The lowest BCUT2D eigenvalue weighted by atomic mass is 10.6. The Kier molecular flexibility index (Phi) is 3.75. The SMILES string of the molecule is CC(=O)OC(OC(C)=O)C(N)=O. The van der Waals surface area contributed by atoms with E-state index in [1.165, 1.54) is 0 Å². The van der Waals surface area contributed by atoms with Gasteiger partial charge in [0.05, 0.1) is 0 Å². The van der Waals surface area contributed by atoms with Crippen LogP contribution in [0.4, 0.5) is 0 Å². The number of carbonyl (C=O) groups excluding carboxylic acids is 3. The van der Waals surface area contributed by atoms with Crippen molar-refractivity contribution in [2.75, 3.05) is 0 Å². The maximum Gasteiger partial charge on any atom is 0.325 e. The fourth-order valence-electron chi connectivity index (χ4n) is 0.442. The van der Waals surface area contributed by atoms with E-state index >= 15 is 0 Å². The van der Waals surface area contributed by atoms with Crippen LogP contribution in [0, 0.1) is 0 Å². The first kappa shape index (κ1) is 10.4. The first-order valence-corrected chi connectivity index (χ1v) is 3.07. The standard InChI is InChI=1S/C6H9NO5/c1-3(8)11-6(5(7)10)12-4(2)9/h6H,1-2H3,(H2,7,10). The number of esters is 2. The number of primary amides is 1. The summed E-state index contributed by atoms with van der Waals surface area (Å²) in [6, 6.07) is 0. The third kappa shape index (κ3) is 4.26. The normalized spacial score (nSPS) is 9.25. The largest absolute Gasteiger partial charge is 0.416 e. The molecular weight excluding hydrogens is 166 g/mol. The Morgan fingerprint density at radius 3 is 1.58 bits per heavy atom. The first-order valence-electron chi connectivity index (χ1n) is 3.07. The summed E-state index contributed by atoms with van der Waals surface area (Å²) in [5.74, 6) is -2.53. The summed E-state index contributed by atoms with van der Waals surface area (Å²) in [7, 11) is 0. The molecule has 0 aromatic carbocycles. The van der Waals surface area contributed by atoms with Crippen LogP contribution in [0.1, 0.15) is 13.8 Å². The fraction of sp³-hybridized carbons (Fsp3) is 0.500. The van der Waals surface area contributed by atoms with Crippen molar-refractivity contribution >= 4 is 17.8 Å². The van der Waals surface area contributed by atoms with Crippen LogP contribution in [-0.4, -0.2) is 24.1 Å². The molecule has 0 unspecified atom stereocenters. The Balaban J connectivity index is 4.14. The van der Waals surface area contributed by atoms with Gasteiger partial charge >= 0.3 is 18.2 Å². The van der Waals surface area contributed by atoms with Gasteiger partial charge in [0, 0.05) is 13.8 Å². The third-order valence-electron chi connectivity index (χ3n) is 0.778. The highest BCUT2D eigenvalue weighted by Gasteiger charge is 2.21. The molecule has 0 spiro atoms. The predicted octanol–water partition coefficient (Wildman–Crippen LogP) is -1.08. The second-order valence-electron chi connectivity index (χ2n) is 1.95. The minimum absolute atomic E-state index is 0.750. The van der Waals surface area contributed by atoms with Gasteiger partial charge in [-0.25, -0.2) is 0 Å². The van der Waals surface area contributed by atoms with Crippen molar-refractivity contribution in [1.29, 1.82) is 0 Å². The highest BCUT2D eigenvalue weighted by Crippen LogP contribution is 1.94. The zero-order valence-corrected chi connectivity index (χ0v) is 6.70. The van der Waals surface area contributed by atoms with Crippen LogP contribution in [0.3, 0.4) is 0 Å². The molecule has 0 atom stereocenters. The van der Waals surface area contributed by atoms with Crippen LogP contribution in [0.25, 0.3) is 0 Å². The third-order valence-corrected chi connectivity index (χ3v) is 0.778. The first-order chi connectivity index (χ1) is 5.43. The van der Waals surface area contributed by atoms with E-state index < -0.39 is 24.1 Å². The molecule has 0 aliphatic heterocycles. The monoisotopic (exact) mass is 175 g/mol. The molecule has 6 nitrogen and oxygen atoms in total. The number of nitrogens with two attached hydrogens (primary N) is 1. The summed E-state index contributed by atoms with van der Waals surface area (Å²) in [6.45, 7) is 2.14. The zero-order chi connectivity index (χ0) is 9.72. The van der Waals surface area contributed by atoms with E-state index in [-0.39, 0.29) is 0 Å². The maximum atomic E-state index is 10.4. The minimum atomic E-state index is -1.63. The Bertz CT molecular complexity index is 196. The molecule has 0 aliphatic carbocycles. The van der Waals surface area contributed by atoms with Gasteiger partial charge in [0.15, 0.2) is 0 Å². The van der Waals surface area contributed by atoms with Gasteiger partial charge < -0.3 is 15.2 Å². The van der Waals surface area contributed by atoms with E-state index in [9.17, 15) is 14.4 Å². The van der Waals surface area contributed by atoms with Gasteiger partial charge in [-0.3, -0.25) is 14.4 Å². The van der Waals surface area contributed by atoms with Gasteiger partial charge in [-0.05, 0) is 0 Å². The molecule has 0 saturated carbocycles. The quantitative estimate of drug-likeness (QED) is 0.435. The molecule has 0 rings (SSSR count). The molecule has 0 heterocycles. The van der Waals surface area contributed by atoms with E-state index in [0.29, 0.717) is 0 Å². The van der Waals surface area contributed by atoms with Crippen molar-refractivity contribution in [2.24, 2.45) is 5.73 Å². The lowest BCUT2D eigenvalue weighted by molar-refractivity contribution is -0.188. The van der Waals surface area contributed by atoms with E-state index in [1.54, 1.807) is 0 Å². The van der Waals surface area contributed by atoms with E-state index in [1.807, 2.05) is 0 Å². The average molecular weight is 175 g/mol. The van der Waals surface area contributed by atoms with Gasteiger partial charge in [-0.2, -0.15) is 0 Å². The Hall–Kier alpha value is -1.59. The summed E-state index contributed by atoms with van der Waals surface area (Å²) < 4.78 is 8.53. The van der Waals surface area contributed by atoms with Gasteiger partial charge in [0.2, 0.25) is 0 Å². The molecule has 0 aromatic rings. The Morgan fingerprint density at radius 1 is 1.08 bits per heavy atom. The second-order valence-corrected chi connectivity index (χ2v) is 1.95. The molecule has 0 saturated heterocycles. The molecule has 0 aromatic heterocycles. The van der Waals surface area contributed by atoms with Crippen molar-refractivity contribution in [3.05, 3.63) is 0 Å². The molecule has 12 heavy (non-hydrogen) atoms. The Morgan fingerprint density at radius 2 is 1.42 bits per heavy atom. The summed E-state index contributed by atoms with van der Waals surface area (Å²) in [4.78, 5) is 31.1. The van der Waals surface area contributed by atoms with Gasteiger partial charge in [0.25, 0.3) is 5.91 Å². The van der Waals surface area contributed by atoms with Crippen LogP contribution in [0.2, 0.25) is 0 Å². The smallest absolute Gasteiger partial charge is 0.325 e. The summed E-state index contributed by atoms with van der Waals surface area (Å²) in [5.41, 5.74) is 4.74. The highest BCUT2D eigenvalue weighted by atomic mass is 16.7. The van der Waals surface area contributed by atoms with E-state index in [0.717, 1.165) is 13.8 Å². The Labute approximate surface area is 68.6 Å². The van der Waals surface area contributed by atoms with Crippen molar-refractivity contribution in [3.63, 3.8) is 0 Å². The molecular formula is C6H9NO5. The topological polar surface area (TPSA) is 95.7 Å². The van der Waals surface area contributed by atoms with Crippen molar-refractivity contribution < 1.29 is 23.9 Å². The van der Waals surface area contributed by atoms with Gasteiger partial charge in [0.1, 0.15) is 0 Å². The van der Waals surface area contributed by atoms with Crippen molar-refractivity contribution in [2.45, 2.75) is 20.1 Å². The number of hydrogen-bond donors (Lipinski definition) is 1. The summed E-state index contributed by atoms with van der Waals surface area (Å²) in [5, 5.41) is 0. The molecule has 2 N–H and O–H groups in total. The number of amides is 1. The van der Waals surface area contributed by atoms with Crippen LogP contribution < -0.4 is 5.73 Å². The molecule has 0 fully saturated rings. The average Bonchev–Trinajstić information content (AvgIpc) is 1.83. The zero-order valence-electron chi connectivity index (χ0n) is 6.70. The van der Waals surface area contributed by atoms with Crippen LogP contribution in [0.5, 0.6) is 0 Å². The van der Waals surface area contributed by atoms with Crippen molar-refractivity contribution in [1.82, 2.24) is 0 Å². The highest BCUT2D eigenvalue weighted by molar-refractivity contribution is 5.82. The number of hydrogen-bond acceptors (Lipinski definition) is 5.